The quantitative estimate of drug-likeness (QED) is 0.0786. The molecule has 1 heterocycles. The number of aliphatic carboxylic acids is 1. The molecule has 334 valence electrons. The molecule has 7 aliphatic rings. The molecule has 1 aromatic rings. The number of carboxylic acids is 1. The van der Waals surface area contributed by atoms with E-state index in [9.17, 15) is 40.5 Å². The van der Waals surface area contributed by atoms with Crippen molar-refractivity contribution in [2.24, 2.45) is 68.0 Å². The zero-order valence-electron chi connectivity index (χ0n) is 36.6. The molecular weight excluding hydrogens is 765 g/mol. The third-order valence-corrected chi connectivity index (χ3v) is 18.6. The van der Waals surface area contributed by atoms with Crippen molar-refractivity contribution in [3.8, 4) is 0 Å². The smallest absolute Gasteiger partial charge is 0.312 e. The summed E-state index contributed by atoms with van der Waals surface area (Å²) >= 11 is 0. The van der Waals surface area contributed by atoms with E-state index in [0.29, 0.717) is 19.3 Å². The van der Waals surface area contributed by atoms with Crippen molar-refractivity contribution >= 4 is 5.97 Å². The molecule has 1 aromatic carbocycles. The van der Waals surface area contributed by atoms with E-state index in [2.05, 4.69) is 52.8 Å². The first kappa shape index (κ1) is 44.4. The number of hydrogen-bond acceptors (Lipinski definition) is 10. The summed E-state index contributed by atoms with van der Waals surface area (Å²) in [6.45, 7) is 13.2. The molecule has 6 aliphatic carbocycles. The maximum Gasteiger partial charge on any atom is 0.312 e. The van der Waals surface area contributed by atoms with E-state index < -0.39 is 81.9 Å². The molecule has 1 aliphatic heterocycles. The Balaban J connectivity index is 1.27. The van der Waals surface area contributed by atoms with Crippen molar-refractivity contribution in [2.75, 3.05) is 19.8 Å². The first-order valence-electron chi connectivity index (χ1n) is 22.9. The van der Waals surface area contributed by atoms with Crippen LogP contribution < -0.4 is 0 Å². The maximum atomic E-state index is 13.8. The molecule has 11 heteroatoms. The van der Waals surface area contributed by atoms with Crippen molar-refractivity contribution in [1.82, 2.24) is 0 Å². The molecule has 11 nitrogen and oxygen atoms in total. The summed E-state index contributed by atoms with van der Waals surface area (Å²) in [7, 11) is 0. The lowest BCUT2D eigenvalue weighted by Gasteiger charge is -2.76. The minimum atomic E-state index is -1.51. The fourth-order valence-corrected chi connectivity index (χ4v) is 15.6. The third kappa shape index (κ3) is 6.25. The van der Waals surface area contributed by atoms with Gasteiger partial charge in [0.2, 0.25) is 0 Å². The van der Waals surface area contributed by atoms with Crippen LogP contribution in [-0.2, 0) is 25.6 Å². The van der Waals surface area contributed by atoms with Crippen molar-refractivity contribution in [1.29, 1.82) is 0 Å². The van der Waals surface area contributed by atoms with Crippen molar-refractivity contribution in [3.05, 3.63) is 59.7 Å². The highest BCUT2D eigenvalue weighted by atomic mass is 16.7. The lowest BCUT2D eigenvalue weighted by Crippen LogP contribution is -2.75. The minimum absolute atomic E-state index is 0.00743. The highest BCUT2D eigenvalue weighted by molar-refractivity contribution is 5.78. The molecule has 0 spiro atoms. The summed E-state index contributed by atoms with van der Waals surface area (Å²) in [5.74, 6) is -1.56. The number of unbranched alkanes of at least 4 members (excludes halogenated alkanes) is 2. The fraction of sp³-hybridized carbons (Fsp3) is 0.776. The normalized spacial score (nSPS) is 50.5. The van der Waals surface area contributed by atoms with Gasteiger partial charge in [0.15, 0.2) is 6.29 Å². The van der Waals surface area contributed by atoms with Crippen LogP contribution in [0.15, 0.2) is 54.1 Å². The molecule has 7 N–H and O–H groups in total. The first-order chi connectivity index (χ1) is 28.4. The van der Waals surface area contributed by atoms with Crippen LogP contribution in [0, 0.1) is 68.0 Å². The second kappa shape index (κ2) is 15.8. The van der Waals surface area contributed by atoms with Crippen molar-refractivity contribution in [2.45, 2.75) is 149 Å². The number of carbonyl (C=O) groups is 1. The summed E-state index contributed by atoms with van der Waals surface area (Å²) < 4.78 is 19.8. The molecule has 0 amide bonds. The monoisotopic (exact) mass is 837 g/mol. The Morgan fingerprint density at radius 1 is 0.900 bits per heavy atom. The highest BCUT2D eigenvalue weighted by Crippen LogP contribution is 2.80. The van der Waals surface area contributed by atoms with Gasteiger partial charge in [-0.25, -0.2) is 0 Å². The molecule has 8 rings (SSSR count). The number of carboxylic acid groups (broad SMARTS) is 1. The van der Waals surface area contributed by atoms with E-state index in [1.54, 1.807) is 0 Å². The Kier molecular flexibility index (Phi) is 11.7. The van der Waals surface area contributed by atoms with Gasteiger partial charge in [0.25, 0.3) is 0 Å². The number of ether oxygens (including phenoxy) is 3. The Bertz CT molecular complexity index is 1800. The van der Waals surface area contributed by atoms with Gasteiger partial charge in [-0.15, -0.1) is 0 Å². The molecular formula is C49H72O11. The van der Waals surface area contributed by atoms with E-state index in [-0.39, 0.29) is 67.9 Å². The van der Waals surface area contributed by atoms with Gasteiger partial charge < -0.3 is 50.0 Å². The summed E-state index contributed by atoms with van der Waals surface area (Å²) in [4.78, 5) is 13.8. The van der Waals surface area contributed by atoms with E-state index in [0.717, 1.165) is 43.2 Å². The largest absolute Gasteiger partial charge is 0.481 e. The van der Waals surface area contributed by atoms with Crippen LogP contribution >= 0.6 is 0 Å². The molecule has 4 bridgehead atoms. The van der Waals surface area contributed by atoms with Crippen molar-refractivity contribution in [3.63, 3.8) is 0 Å². The van der Waals surface area contributed by atoms with E-state index in [4.69, 9.17) is 14.2 Å². The van der Waals surface area contributed by atoms with Gasteiger partial charge in [-0.3, -0.25) is 4.79 Å². The topological polar surface area (TPSA) is 186 Å². The molecule has 60 heavy (non-hydrogen) atoms. The minimum Gasteiger partial charge on any atom is -0.481 e. The Labute approximate surface area is 356 Å². The van der Waals surface area contributed by atoms with Gasteiger partial charge in [-0.1, -0.05) is 115 Å². The number of allylic oxidation sites excluding steroid dienone is 3. The average molecular weight is 837 g/mol. The van der Waals surface area contributed by atoms with Gasteiger partial charge in [0.1, 0.15) is 23.7 Å². The molecule has 0 unspecified atom stereocenters. The number of hydrogen-bond donors (Lipinski definition) is 7. The highest BCUT2D eigenvalue weighted by Gasteiger charge is 2.77. The van der Waals surface area contributed by atoms with Gasteiger partial charge in [-0.05, 0) is 95.3 Å². The summed E-state index contributed by atoms with van der Waals surface area (Å²) in [5, 5.41) is 78.0. The van der Waals surface area contributed by atoms with Crippen LogP contribution in [0.5, 0.6) is 0 Å². The van der Waals surface area contributed by atoms with Crippen molar-refractivity contribution < 1.29 is 54.8 Å². The molecule has 0 aromatic heterocycles. The second-order valence-electron chi connectivity index (χ2n) is 21.6. The lowest BCUT2D eigenvalue weighted by molar-refractivity contribution is -0.347. The Hall–Kier alpha value is -2.19. The standard InChI is InChI=1S/C49H72O11/c1-7-8-10-15-30-21-49(43(56)57)33(22-44(2,26-50)23-36(49)53)31-18-19-35-46(4,48(30,31)6)20-29-16-17-32-39(58-24-28-13-11-9-12-14-28)41(45(3,27-51)40(29)47(32,35)5)60-42-38(55)37(54)34(52)25-59-42/h9,11-14,16-18,29-30,32-42,50-55H,7-8,10,15,19-27H2,1-6H3,(H,56,57)/t29-,30-,32-,33-,34+,35-,36+,37-,38+,39+,40+,41+,42-,44+,45-,46+,47+,48+,49-/m0/s1. The lowest BCUT2D eigenvalue weighted by atomic mass is 9.28. The van der Waals surface area contributed by atoms with Gasteiger partial charge >= 0.3 is 5.97 Å². The fourth-order valence-electron chi connectivity index (χ4n) is 15.6. The molecule has 4 saturated carbocycles. The number of benzene rings is 1. The third-order valence-electron chi connectivity index (χ3n) is 18.6. The molecule has 5 fully saturated rings. The van der Waals surface area contributed by atoms with E-state index in [1.165, 1.54) is 0 Å². The zero-order valence-corrected chi connectivity index (χ0v) is 36.6. The van der Waals surface area contributed by atoms with Crippen LogP contribution in [0.2, 0.25) is 0 Å². The maximum absolute atomic E-state index is 13.8. The van der Waals surface area contributed by atoms with Crippen LogP contribution in [0.25, 0.3) is 0 Å². The first-order valence-corrected chi connectivity index (χ1v) is 22.9. The van der Waals surface area contributed by atoms with Gasteiger partial charge in [-0.2, -0.15) is 0 Å². The molecule has 0 radical (unpaired) electrons. The predicted octanol–water partition coefficient (Wildman–Crippen LogP) is 5.64. The number of aliphatic hydroxyl groups excluding tert-OH is 6. The SMILES string of the molecule is CCCCC[C@H]1C[C@@]2(C(=O)O)[C@H](O)C[C@](C)(CO)C[C@H]2C2=CC[C@@H]3[C@]4(C)[C@@H]5[C@@H](C=C[C@H]4[C@@H](OCc4ccccc4)[C@@H](O[C@@H]4OC[C@@H](O)[C@H](O)[C@H]4O)[C@@]5(C)CO)C[C@@]3(C)[C@@]21C. The van der Waals surface area contributed by atoms with Crippen LogP contribution in [-0.4, -0.2) is 104 Å². The summed E-state index contributed by atoms with van der Waals surface area (Å²) in [5.41, 5.74) is -1.92. The van der Waals surface area contributed by atoms with Gasteiger partial charge in [0, 0.05) is 17.9 Å². The number of aliphatic hydroxyl groups is 6. The number of rotatable bonds is 12. The summed E-state index contributed by atoms with van der Waals surface area (Å²) in [6, 6.07) is 9.94. The zero-order chi connectivity index (χ0) is 43.2. The van der Waals surface area contributed by atoms with Gasteiger partial charge in [0.05, 0.1) is 38.1 Å². The Morgan fingerprint density at radius 3 is 2.30 bits per heavy atom. The Morgan fingerprint density at radius 2 is 1.63 bits per heavy atom. The van der Waals surface area contributed by atoms with Crippen LogP contribution in [0.3, 0.4) is 0 Å². The van der Waals surface area contributed by atoms with Crippen LogP contribution in [0.4, 0.5) is 0 Å². The number of fused-ring (bicyclic) bond motifs is 5. The molecule has 1 saturated heterocycles. The summed E-state index contributed by atoms with van der Waals surface area (Å²) in [6.07, 6.45) is 5.63. The van der Waals surface area contributed by atoms with Crippen LogP contribution in [0.1, 0.15) is 105 Å². The second-order valence-corrected chi connectivity index (χ2v) is 21.6. The van der Waals surface area contributed by atoms with E-state index >= 15 is 0 Å². The average Bonchev–Trinajstić information content (AvgIpc) is 3.21. The molecule has 19 atom stereocenters. The predicted molar refractivity (Wildman–Crippen MR) is 224 cm³/mol. The van der Waals surface area contributed by atoms with E-state index in [1.807, 2.05) is 37.3 Å².